The van der Waals surface area contributed by atoms with Gasteiger partial charge in [0.2, 0.25) is 0 Å². The number of nitrogens with zero attached hydrogens (tertiary/aromatic N) is 3. The number of carboxylic acids is 1. The second-order valence-electron chi connectivity index (χ2n) is 5.06. The van der Waals surface area contributed by atoms with E-state index in [1.807, 2.05) is 14.1 Å². The Morgan fingerprint density at radius 2 is 1.95 bits per heavy atom. The molecule has 1 amide bonds. The molecule has 0 aliphatic rings. The van der Waals surface area contributed by atoms with Crippen LogP contribution >= 0.6 is 0 Å². The van der Waals surface area contributed by atoms with Crippen molar-refractivity contribution < 1.29 is 14.7 Å². The lowest BCUT2D eigenvalue weighted by molar-refractivity contribution is -0.131. The number of amides is 1. The van der Waals surface area contributed by atoms with Crippen LogP contribution in [0, 0.1) is 0 Å². The SMILES string of the molecule is CN(C)CCCN(C)C(=O)c1cncc(C=CC(=O)O)c1. The number of pyridine rings is 1. The van der Waals surface area contributed by atoms with E-state index >= 15 is 0 Å². The molecule has 1 aromatic rings. The molecule has 0 saturated heterocycles. The molecule has 0 unspecified atom stereocenters. The van der Waals surface area contributed by atoms with E-state index < -0.39 is 5.97 Å². The smallest absolute Gasteiger partial charge is 0.328 e. The highest BCUT2D eigenvalue weighted by molar-refractivity contribution is 5.94. The number of carboxylic acid groups (broad SMARTS) is 1. The van der Waals surface area contributed by atoms with E-state index in [1.54, 1.807) is 18.0 Å². The van der Waals surface area contributed by atoms with Gasteiger partial charge >= 0.3 is 5.97 Å². The molecule has 0 bridgehead atoms. The molecule has 1 N–H and O–H groups in total. The summed E-state index contributed by atoms with van der Waals surface area (Å²) in [7, 11) is 5.73. The first kappa shape index (κ1) is 16.8. The Labute approximate surface area is 124 Å². The van der Waals surface area contributed by atoms with Crippen molar-refractivity contribution in [2.24, 2.45) is 0 Å². The van der Waals surface area contributed by atoms with Crippen LogP contribution in [0.3, 0.4) is 0 Å². The summed E-state index contributed by atoms with van der Waals surface area (Å²) in [6, 6.07) is 1.64. The van der Waals surface area contributed by atoms with Gasteiger partial charge in [-0.25, -0.2) is 4.79 Å². The van der Waals surface area contributed by atoms with Crippen molar-refractivity contribution in [3.8, 4) is 0 Å². The minimum absolute atomic E-state index is 0.119. The van der Waals surface area contributed by atoms with Crippen LogP contribution in [0.2, 0.25) is 0 Å². The third-order valence-corrected chi connectivity index (χ3v) is 2.87. The summed E-state index contributed by atoms with van der Waals surface area (Å²) in [6.45, 7) is 1.57. The fourth-order valence-electron chi connectivity index (χ4n) is 1.78. The highest BCUT2D eigenvalue weighted by Gasteiger charge is 2.12. The molecule has 21 heavy (non-hydrogen) atoms. The average molecular weight is 291 g/mol. The second-order valence-corrected chi connectivity index (χ2v) is 5.06. The highest BCUT2D eigenvalue weighted by Crippen LogP contribution is 2.08. The van der Waals surface area contributed by atoms with Crippen LogP contribution in [0.5, 0.6) is 0 Å². The maximum absolute atomic E-state index is 12.2. The van der Waals surface area contributed by atoms with Gasteiger partial charge in [-0.3, -0.25) is 9.78 Å². The maximum Gasteiger partial charge on any atom is 0.328 e. The Balaban J connectivity index is 2.69. The quantitative estimate of drug-likeness (QED) is 0.764. The molecule has 0 saturated carbocycles. The summed E-state index contributed by atoms with van der Waals surface area (Å²) in [6.07, 6.45) is 6.33. The van der Waals surface area contributed by atoms with Crippen molar-refractivity contribution in [2.45, 2.75) is 6.42 Å². The van der Waals surface area contributed by atoms with Crippen molar-refractivity contribution in [3.63, 3.8) is 0 Å². The van der Waals surface area contributed by atoms with E-state index in [-0.39, 0.29) is 5.91 Å². The van der Waals surface area contributed by atoms with Crippen molar-refractivity contribution >= 4 is 18.0 Å². The first-order valence-electron chi connectivity index (χ1n) is 6.66. The zero-order valence-electron chi connectivity index (χ0n) is 12.6. The van der Waals surface area contributed by atoms with E-state index in [9.17, 15) is 9.59 Å². The van der Waals surface area contributed by atoms with Crippen LogP contribution in [0.15, 0.2) is 24.5 Å². The predicted molar refractivity (Wildman–Crippen MR) is 81.0 cm³/mol. The van der Waals surface area contributed by atoms with E-state index in [1.165, 1.54) is 18.5 Å². The van der Waals surface area contributed by atoms with E-state index in [2.05, 4.69) is 9.88 Å². The molecule has 0 spiro atoms. The Morgan fingerprint density at radius 3 is 2.57 bits per heavy atom. The molecule has 0 aliphatic heterocycles. The molecule has 0 aromatic carbocycles. The fraction of sp³-hybridized carbons (Fsp3) is 0.400. The molecule has 6 heteroatoms. The molecule has 1 aromatic heterocycles. The van der Waals surface area contributed by atoms with Gasteiger partial charge < -0.3 is 14.9 Å². The summed E-state index contributed by atoms with van der Waals surface area (Å²) in [5, 5.41) is 8.60. The number of rotatable bonds is 7. The molecule has 6 nitrogen and oxygen atoms in total. The molecule has 1 rings (SSSR count). The predicted octanol–water partition coefficient (Wildman–Crippen LogP) is 1.20. The second kappa shape index (κ2) is 8.16. The van der Waals surface area contributed by atoms with Crippen LogP contribution in [0.25, 0.3) is 6.08 Å². The topological polar surface area (TPSA) is 73.7 Å². The maximum atomic E-state index is 12.2. The lowest BCUT2D eigenvalue weighted by Crippen LogP contribution is -2.29. The Kier molecular flexibility index (Phi) is 6.55. The number of aromatic nitrogens is 1. The Morgan fingerprint density at radius 1 is 1.24 bits per heavy atom. The van der Waals surface area contributed by atoms with Crippen LogP contribution < -0.4 is 0 Å². The third kappa shape index (κ3) is 6.18. The molecule has 0 aliphatic carbocycles. The standard InChI is InChI=1S/C15H21N3O3/c1-17(2)7-4-8-18(3)15(21)13-9-12(10-16-11-13)5-6-14(19)20/h5-6,9-11H,4,7-8H2,1-3H3,(H,19,20). The Bertz CT molecular complexity index is 527. The molecular formula is C15H21N3O3. The van der Waals surface area contributed by atoms with Gasteiger partial charge in [-0.1, -0.05) is 0 Å². The number of carbonyl (C=O) groups is 2. The normalized spacial score (nSPS) is 11.0. The van der Waals surface area contributed by atoms with Crippen LogP contribution in [0.4, 0.5) is 0 Å². The average Bonchev–Trinajstić information content (AvgIpc) is 2.44. The van der Waals surface area contributed by atoms with Gasteiger partial charge in [0.05, 0.1) is 5.56 Å². The first-order chi connectivity index (χ1) is 9.90. The van der Waals surface area contributed by atoms with Gasteiger partial charge in [-0.05, 0) is 44.8 Å². The van der Waals surface area contributed by atoms with Gasteiger partial charge in [0.15, 0.2) is 0 Å². The van der Waals surface area contributed by atoms with Gasteiger partial charge in [-0.2, -0.15) is 0 Å². The largest absolute Gasteiger partial charge is 0.478 e. The summed E-state index contributed by atoms with van der Waals surface area (Å²) in [5.41, 5.74) is 1.04. The summed E-state index contributed by atoms with van der Waals surface area (Å²) in [4.78, 5) is 30.4. The molecule has 0 radical (unpaired) electrons. The minimum Gasteiger partial charge on any atom is -0.478 e. The summed E-state index contributed by atoms with van der Waals surface area (Å²) >= 11 is 0. The zero-order valence-corrected chi connectivity index (χ0v) is 12.6. The van der Waals surface area contributed by atoms with Crippen LogP contribution in [-0.2, 0) is 4.79 Å². The van der Waals surface area contributed by atoms with Crippen LogP contribution in [-0.4, -0.2) is 66.0 Å². The molecular weight excluding hydrogens is 270 g/mol. The monoisotopic (exact) mass is 291 g/mol. The van der Waals surface area contributed by atoms with Crippen LogP contribution in [0.1, 0.15) is 22.3 Å². The summed E-state index contributed by atoms with van der Waals surface area (Å²) in [5.74, 6) is -1.15. The highest BCUT2D eigenvalue weighted by atomic mass is 16.4. The van der Waals surface area contributed by atoms with Crippen molar-refractivity contribution in [1.82, 2.24) is 14.8 Å². The van der Waals surface area contributed by atoms with E-state index in [0.29, 0.717) is 17.7 Å². The number of carbonyl (C=O) groups excluding carboxylic acids is 1. The molecule has 1 heterocycles. The van der Waals surface area contributed by atoms with E-state index in [0.717, 1.165) is 19.0 Å². The number of hydrogen-bond acceptors (Lipinski definition) is 4. The van der Waals surface area contributed by atoms with E-state index in [4.69, 9.17) is 5.11 Å². The molecule has 0 atom stereocenters. The van der Waals surface area contributed by atoms with Crippen molar-refractivity contribution in [2.75, 3.05) is 34.2 Å². The van der Waals surface area contributed by atoms with Crippen molar-refractivity contribution in [3.05, 3.63) is 35.7 Å². The summed E-state index contributed by atoms with van der Waals surface area (Å²) < 4.78 is 0. The van der Waals surface area contributed by atoms with Crippen molar-refractivity contribution in [1.29, 1.82) is 0 Å². The lowest BCUT2D eigenvalue weighted by atomic mass is 10.1. The fourth-order valence-corrected chi connectivity index (χ4v) is 1.78. The lowest BCUT2D eigenvalue weighted by Gasteiger charge is -2.18. The number of hydrogen-bond donors (Lipinski definition) is 1. The first-order valence-corrected chi connectivity index (χ1v) is 6.66. The van der Waals surface area contributed by atoms with Gasteiger partial charge in [0, 0.05) is 32.1 Å². The van der Waals surface area contributed by atoms with Gasteiger partial charge in [-0.15, -0.1) is 0 Å². The van der Waals surface area contributed by atoms with Gasteiger partial charge in [0.25, 0.3) is 5.91 Å². The molecule has 114 valence electrons. The minimum atomic E-state index is -1.03. The molecule has 0 fully saturated rings. The third-order valence-electron chi connectivity index (χ3n) is 2.87. The zero-order chi connectivity index (χ0) is 15.8. The number of aliphatic carboxylic acids is 1. The Hall–Kier alpha value is -2.21. The van der Waals surface area contributed by atoms with Gasteiger partial charge in [0.1, 0.15) is 0 Å².